The molecule has 2 rings (SSSR count). The summed E-state index contributed by atoms with van der Waals surface area (Å²) in [7, 11) is 0. The molecule has 0 spiro atoms. The minimum atomic E-state index is 0.780. The molecule has 0 radical (unpaired) electrons. The maximum absolute atomic E-state index is 5.24. The minimum Gasteiger partial charge on any atom is -0.310 e. The minimum absolute atomic E-state index is 0.780. The highest BCUT2D eigenvalue weighted by Gasteiger charge is 2.19. The van der Waals surface area contributed by atoms with Gasteiger partial charge in [0.2, 0.25) is 0 Å². The van der Waals surface area contributed by atoms with Gasteiger partial charge in [-0.1, -0.05) is 12.1 Å². The zero-order valence-corrected chi connectivity index (χ0v) is 10.9. The predicted octanol–water partition coefficient (Wildman–Crippen LogP) is 3.44. The third-order valence-electron chi connectivity index (χ3n) is 2.80. The number of unbranched alkanes of at least 4 members (excludes halogenated alkanes) is 1. The first kappa shape index (κ1) is 12.5. The van der Waals surface area contributed by atoms with Crippen LogP contribution in [0.5, 0.6) is 0 Å². The van der Waals surface area contributed by atoms with Gasteiger partial charge in [-0.3, -0.25) is 0 Å². The first-order chi connectivity index (χ1) is 8.38. The molecule has 0 heterocycles. The van der Waals surface area contributed by atoms with Crippen LogP contribution in [0.2, 0.25) is 0 Å². The molecule has 2 heteroatoms. The normalized spacial score (nSPS) is 14.5. The zero-order chi connectivity index (χ0) is 11.9. The summed E-state index contributed by atoms with van der Waals surface area (Å²) in [5.41, 5.74) is 1.39. The van der Waals surface area contributed by atoms with Gasteiger partial charge >= 0.3 is 0 Å². The Kier molecular flexibility index (Phi) is 4.97. The van der Waals surface area contributed by atoms with Gasteiger partial charge in [0.15, 0.2) is 0 Å². The van der Waals surface area contributed by atoms with Crippen molar-refractivity contribution in [1.29, 1.82) is 0 Å². The van der Waals surface area contributed by atoms with Gasteiger partial charge in [-0.05, 0) is 42.7 Å². The second kappa shape index (κ2) is 6.74. The third-order valence-corrected chi connectivity index (χ3v) is 3.88. The smallest absolute Gasteiger partial charge is 0.0208 e. The van der Waals surface area contributed by atoms with E-state index in [4.69, 9.17) is 6.42 Å². The summed E-state index contributed by atoms with van der Waals surface area (Å²) in [5, 5.41) is 3.54. The summed E-state index contributed by atoms with van der Waals surface area (Å²) < 4.78 is 0. The second-order valence-corrected chi connectivity index (χ2v) is 5.63. The SMILES string of the molecule is C#CCCCSc1cccc(CNC2CC2)c1. The molecule has 1 aromatic carbocycles. The average Bonchev–Trinajstić information content (AvgIpc) is 3.17. The van der Waals surface area contributed by atoms with E-state index in [1.165, 1.54) is 23.3 Å². The molecular weight excluding hydrogens is 226 g/mol. The molecule has 17 heavy (non-hydrogen) atoms. The van der Waals surface area contributed by atoms with E-state index in [0.29, 0.717) is 0 Å². The van der Waals surface area contributed by atoms with Gasteiger partial charge in [0, 0.05) is 23.9 Å². The van der Waals surface area contributed by atoms with Crippen molar-refractivity contribution in [3.8, 4) is 12.3 Å². The van der Waals surface area contributed by atoms with Crippen LogP contribution in [0.1, 0.15) is 31.2 Å². The Morgan fingerprint density at radius 3 is 3.06 bits per heavy atom. The lowest BCUT2D eigenvalue weighted by molar-refractivity contribution is 0.687. The van der Waals surface area contributed by atoms with Crippen LogP contribution in [-0.4, -0.2) is 11.8 Å². The van der Waals surface area contributed by atoms with Crippen LogP contribution in [0.15, 0.2) is 29.2 Å². The van der Waals surface area contributed by atoms with E-state index >= 15 is 0 Å². The molecule has 1 aliphatic carbocycles. The lowest BCUT2D eigenvalue weighted by atomic mass is 10.2. The number of benzene rings is 1. The summed E-state index contributed by atoms with van der Waals surface area (Å²) in [4.78, 5) is 1.36. The highest BCUT2D eigenvalue weighted by Crippen LogP contribution is 2.22. The molecule has 1 nitrogen and oxygen atoms in total. The van der Waals surface area contributed by atoms with Crippen LogP contribution in [-0.2, 0) is 6.54 Å². The highest BCUT2D eigenvalue weighted by molar-refractivity contribution is 7.99. The van der Waals surface area contributed by atoms with Gasteiger partial charge < -0.3 is 5.32 Å². The van der Waals surface area contributed by atoms with Crippen LogP contribution in [0, 0.1) is 12.3 Å². The Hall–Kier alpha value is -0.910. The fraction of sp³-hybridized carbons (Fsp3) is 0.467. The van der Waals surface area contributed by atoms with E-state index in [9.17, 15) is 0 Å². The summed E-state index contributed by atoms with van der Waals surface area (Å²) in [5.74, 6) is 3.80. The molecule has 1 N–H and O–H groups in total. The fourth-order valence-electron chi connectivity index (χ4n) is 1.66. The number of thioether (sulfide) groups is 1. The zero-order valence-electron chi connectivity index (χ0n) is 10.1. The largest absolute Gasteiger partial charge is 0.310 e. The van der Waals surface area contributed by atoms with Crippen molar-refractivity contribution in [2.24, 2.45) is 0 Å². The quantitative estimate of drug-likeness (QED) is 0.448. The van der Waals surface area contributed by atoms with Crippen LogP contribution < -0.4 is 5.32 Å². The molecular formula is C15H19NS. The van der Waals surface area contributed by atoms with E-state index in [1.807, 2.05) is 11.8 Å². The molecule has 1 aliphatic rings. The Bertz CT molecular complexity index is 390. The summed E-state index contributed by atoms with van der Waals surface area (Å²) in [6.45, 7) is 1.00. The molecule has 0 saturated heterocycles. The lowest BCUT2D eigenvalue weighted by Gasteiger charge is -2.05. The van der Waals surface area contributed by atoms with Gasteiger partial charge in [-0.2, -0.15) is 0 Å². The van der Waals surface area contributed by atoms with Crippen LogP contribution in [0.25, 0.3) is 0 Å². The summed E-state index contributed by atoms with van der Waals surface area (Å²) in [6.07, 6.45) is 9.92. The van der Waals surface area contributed by atoms with Crippen molar-refractivity contribution in [1.82, 2.24) is 5.32 Å². The van der Waals surface area contributed by atoms with E-state index in [2.05, 4.69) is 35.5 Å². The fourth-order valence-corrected chi connectivity index (χ4v) is 2.59. The third kappa shape index (κ3) is 4.85. The number of hydrogen-bond acceptors (Lipinski definition) is 2. The van der Waals surface area contributed by atoms with E-state index < -0.39 is 0 Å². The van der Waals surface area contributed by atoms with Gasteiger partial charge in [-0.25, -0.2) is 0 Å². The van der Waals surface area contributed by atoms with Crippen molar-refractivity contribution in [2.75, 3.05) is 5.75 Å². The average molecular weight is 245 g/mol. The van der Waals surface area contributed by atoms with E-state index in [-0.39, 0.29) is 0 Å². The standard InChI is InChI=1S/C15H19NS/c1-2-3-4-10-17-15-7-5-6-13(11-15)12-16-14-8-9-14/h1,5-7,11,14,16H,3-4,8-10,12H2. The van der Waals surface area contributed by atoms with Gasteiger partial charge in [0.25, 0.3) is 0 Å². The molecule has 1 aromatic rings. The molecule has 1 saturated carbocycles. The molecule has 0 aromatic heterocycles. The van der Waals surface area contributed by atoms with Crippen molar-refractivity contribution < 1.29 is 0 Å². The number of nitrogens with one attached hydrogen (secondary N) is 1. The van der Waals surface area contributed by atoms with Crippen LogP contribution in [0.3, 0.4) is 0 Å². The topological polar surface area (TPSA) is 12.0 Å². The molecule has 0 bridgehead atoms. The molecule has 90 valence electrons. The molecule has 0 aliphatic heterocycles. The Labute approximate surface area is 108 Å². The van der Waals surface area contributed by atoms with Crippen LogP contribution in [0.4, 0.5) is 0 Å². The van der Waals surface area contributed by atoms with E-state index in [0.717, 1.165) is 31.2 Å². The summed E-state index contributed by atoms with van der Waals surface area (Å²) in [6, 6.07) is 9.59. The predicted molar refractivity (Wildman–Crippen MR) is 75.1 cm³/mol. The van der Waals surface area contributed by atoms with E-state index in [1.54, 1.807) is 0 Å². The van der Waals surface area contributed by atoms with Crippen molar-refractivity contribution in [3.63, 3.8) is 0 Å². The van der Waals surface area contributed by atoms with Gasteiger partial charge in [-0.15, -0.1) is 24.1 Å². The van der Waals surface area contributed by atoms with Gasteiger partial charge in [0.05, 0.1) is 0 Å². The first-order valence-corrected chi connectivity index (χ1v) is 7.25. The second-order valence-electron chi connectivity index (χ2n) is 4.46. The molecule has 0 atom stereocenters. The monoisotopic (exact) mass is 245 g/mol. The van der Waals surface area contributed by atoms with Gasteiger partial charge in [0.1, 0.15) is 0 Å². The number of rotatable bonds is 7. The number of hydrogen-bond donors (Lipinski definition) is 1. The van der Waals surface area contributed by atoms with Crippen molar-refractivity contribution in [3.05, 3.63) is 29.8 Å². The molecule has 1 fully saturated rings. The first-order valence-electron chi connectivity index (χ1n) is 6.27. The Morgan fingerprint density at radius 2 is 2.29 bits per heavy atom. The van der Waals surface area contributed by atoms with Crippen LogP contribution >= 0.6 is 11.8 Å². The Balaban J connectivity index is 1.76. The van der Waals surface area contributed by atoms with Crippen molar-refractivity contribution >= 4 is 11.8 Å². The lowest BCUT2D eigenvalue weighted by Crippen LogP contribution is -2.15. The number of terminal acetylenes is 1. The maximum Gasteiger partial charge on any atom is 0.0208 e. The molecule has 0 amide bonds. The Morgan fingerprint density at radius 1 is 1.41 bits per heavy atom. The molecule has 0 unspecified atom stereocenters. The summed E-state index contributed by atoms with van der Waals surface area (Å²) >= 11 is 1.90. The van der Waals surface area contributed by atoms with Crippen molar-refractivity contribution in [2.45, 2.75) is 43.2 Å². The maximum atomic E-state index is 5.24. The highest BCUT2D eigenvalue weighted by atomic mass is 32.2.